The van der Waals surface area contributed by atoms with Crippen LogP contribution in [0.5, 0.6) is 5.75 Å². The van der Waals surface area contributed by atoms with Crippen molar-refractivity contribution in [2.75, 3.05) is 18.1 Å². The summed E-state index contributed by atoms with van der Waals surface area (Å²) in [6, 6.07) is 9.43. The molecule has 8 heteroatoms. The topological polar surface area (TPSA) is 58.6 Å². The van der Waals surface area contributed by atoms with Crippen LogP contribution < -0.4 is 15.0 Å². The van der Waals surface area contributed by atoms with Crippen molar-refractivity contribution in [1.29, 1.82) is 0 Å². The van der Waals surface area contributed by atoms with Gasteiger partial charge in [-0.15, -0.1) is 0 Å². The van der Waals surface area contributed by atoms with E-state index in [1.54, 1.807) is 36.4 Å². The smallest absolute Gasteiger partial charge is 0.254 e. The van der Waals surface area contributed by atoms with Gasteiger partial charge < -0.3 is 15.0 Å². The Hall–Kier alpha value is -1.95. The zero-order valence-corrected chi connectivity index (χ0v) is 16.0. The summed E-state index contributed by atoms with van der Waals surface area (Å²) in [5.41, 5.74) is 0.989. The van der Waals surface area contributed by atoms with E-state index in [-0.39, 0.29) is 25.0 Å². The first-order valence-corrected chi connectivity index (χ1v) is 8.97. The first-order valence-electron chi connectivity index (χ1n) is 7.84. The van der Waals surface area contributed by atoms with Gasteiger partial charge in [0.1, 0.15) is 18.4 Å². The van der Waals surface area contributed by atoms with Crippen molar-refractivity contribution in [2.45, 2.75) is 13.0 Å². The van der Waals surface area contributed by atoms with Crippen LogP contribution in [-0.2, 0) is 9.59 Å². The molecule has 0 bridgehead atoms. The number of nitrogens with one attached hydrogen (secondary N) is 1. The van der Waals surface area contributed by atoms with Gasteiger partial charge in [0.05, 0.1) is 22.3 Å². The molecule has 0 aliphatic carbocycles. The highest BCUT2D eigenvalue weighted by molar-refractivity contribution is 6.38. The van der Waals surface area contributed by atoms with Gasteiger partial charge in [-0.25, -0.2) is 0 Å². The number of ether oxygens (including phenoxy) is 1. The lowest BCUT2D eigenvalue weighted by atomic mass is 10.1. The van der Waals surface area contributed by atoms with E-state index < -0.39 is 6.04 Å². The summed E-state index contributed by atoms with van der Waals surface area (Å²) in [6.45, 7) is 1.77. The molecule has 1 heterocycles. The quantitative estimate of drug-likeness (QED) is 0.797. The summed E-state index contributed by atoms with van der Waals surface area (Å²) in [5.74, 6) is -0.121. The number of halogens is 3. The van der Waals surface area contributed by atoms with E-state index in [4.69, 9.17) is 39.5 Å². The fraction of sp³-hybridized carbons (Fsp3) is 0.222. The van der Waals surface area contributed by atoms with Crippen molar-refractivity contribution in [3.05, 3.63) is 57.0 Å². The lowest BCUT2D eigenvalue weighted by Crippen LogP contribution is -2.38. The Bertz CT molecular complexity index is 873. The lowest BCUT2D eigenvalue weighted by molar-refractivity contribution is -0.126. The van der Waals surface area contributed by atoms with Gasteiger partial charge in [-0.2, -0.15) is 0 Å². The molecule has 2 aromatic rings. The van der Waals surface area contributed by atoms with Gasteiger partial charge in [0, 0.05) is 17.5 Å². The van der Waals surface area contributed by atoms with Crippen LogP contribution >= 0.6 is 34.8 Å². The van der Waals surface area contributed by atoms with Crippen LogP contribution in [0.1, 0.15) is 18.5 Å². The maximum atomic E-state index is 12.8. The summed E-state index contributed by atoms with van der Waals surface area (Å²) in [7, 11) is 0. The highest BCUT2D eigenvalue weighted by Gasteiger charge is 2.40. The summed E-state index contributed by atoms with van der Waals surface area (Å²) in [5, 5.41) is 3.86. The maximum absolute atomic E-state index is 12.8. The maximum Gasteiger partial charge on any atom is 0.254 e. The summed E-state index contributed by atoms with van der Waals surface area (Å²) < 4.78 is 5.66. The van der Waals surface area contributed by atoms with Crippen LogP contribution in [0.25, 0.3) is 0 Å². The zero-order valence-electron chi connectivity index (χ0n) is 13.8. The minimum atomic E-state index is -0.867. The van der Waals surface area contributed by atoms with Crippen LogP contribution in [0.15, 0.2) is 36.4 Å². The molecular formula is C18H15Cl3N2O3. The summed E-state index contributed by atoms with van der Waals surface area (Å²) >= 11 is 18.6. The number of amides is 2. The Morgan fingerprint density at radius 3 is 2.50 bits per heavy atom. The average Bonchev–Trinajstić information content (AvgIpc) is 2.86. The molecule has 0 saturated carbocycles. The van der Waals surface area contributed by atoms with Gasteiger partial charge in [-0.05, 0) is 24.3 Å². The molecule has 0 fully saturated rings. The van der Waals surface area contributed by atoms with E-state index in [2.05, 4.69) is 5.32 Å². The molecule has 2 aromatic carbocycles. The van der Waals surface area contributed by atoms with E-state index in [0.717, 1.165) is 0 Å². The van der Waals surface area contributed by atoms with Crippen LogP contribution in [0.4, 0.5) is 5.69 Å². The monoisotopic (exact) mass is 412 g/mol. The molecule has 0 saturated heterocycles. The van der Waals surface area contributed by atoms with Crippen molar-refractivity contribution in [3.63, 3.8) is 0 Å². The molecular weight excluding hydrogens is 399 g/mol. The predicted octanol–water partition coefficient (Wildman–Crippen LogP) is 4.25. The summed E-state index contributed by atoms with van der Waals surface area (Å²) in [4.78, 5) is 25.8. The molecule has 2 amide bonds. The van der Waals surface area contributed by atoms with Crippen molar-refractivity contribution in [2.24, 2.45) is 0 Å². The molecule has 5 nitrogen and oxygen atoms in total. The van der Waals surface area contributed by atoms with Crippen molar-refractivity contribution in [3.8, 4) is 5.75 Å². The largest absolute Gasteiger partial charge is 0.490 e. The second-order valence-corrected chi connectivity index (χ2v) is 6.92. The molecule has 0 unspecified atom stereocenters. The Kier molecular flexibility index (Phi) is 5.61. The Balaban J connectivity index is 1.84. The first kappa shape index (κ1) is 18.8. The van der Waals surface area contributed by atoms with E-state index in [1.165, 1.54) is 11.8 Å². The minimum absolute atomic E-state index is 0.199. The number of para-hydroxylation sites is 1. The molecule has 1 aliphatic heterocycles. The predicted molar refractivity (Wildman–Crippen MR) is 102 cm³/mol. The number of hydrogen-bond donors (Lipinski definition) is 1. The lowest BCUT2D eigenvalue weighted by Gasteiger charge is -2.19. The molecule has 1 N–H and O–H groups in total. The number of carbonyl (C=O) groups is 2. The van der Waals surface area contributed by atoms with E-state index in [9.17, 15) is 9.59 Å². The van der Waals surface area contributed by atoms with Crippen LogP contribution in [0.2, 0.25) is 15.1 Å². The van der Waals surface area contributed by atoms with Crippen molar-refractivity contribution in [1.82, 2.24) is 5.32 Å². The van der Waals surface area contributed by atoms with Crippen LogP contribution in [0.3, 0.4) is 0 Å². The molecule has 1 atom stereocenters. The third-order valence-electron chi connectivity index (χ3n) is 3.94. The standard InChI is InChI=1S/C18H15Cl3N2O3/c1-10(24)22-16-15-12(20)6-7-13(21)17(15)23(18(16)25)8-9-26-14-5-3-2-4-11(14)19/h2-7,16H,8-9H2,1H3,(H,22,24)/t16-/m0/s1. The number of nitrogens with zero attached hydrogens (tertiary/aromatic N) is 1. The number of benzene rings is 2. The number of anilines is 1. The normalized spacial score (nSPS) is 15.8. The minimum Gasteiger partial charge on any atom is -0.490 e. The highest BCUT2D eigenvalue weighted by Crippen LogP contribution is 2.44. The third-order valence-corrected chi connectivity index (χ3v) is 4.89. The second kappa shape index (κ2) is 7.74. The molecule has 3 rings (SSSR count). The molecule has 136 valence electrons. The zero-order chi connectivity index (χ0) is 18.8. The Morgan fingerprint density at radius 2 is 1.81 bits per heavy atom. The van der Waals surface area contributed by atoms with Crippen molar-refractivity contribution >= 4 is 52.3 Å². The average molecular weight is 414 g/mol. The third kappa shape index (κ3) is 3.61. The SMILES string of the molecule is CC(=O)N[C@@H]1C(=O)N(CCOc2ccccc2Cl)c2c(Cl)ccc(Cl)c21. The van der Waals surface area contributed by atoms with Gasteiger partial charge in [0.2, 0.25) is 5.91 Å². The van der Waals surface area contributed by atoms with Gasteiger partial charge in [0.25, 0.3) is 5.91 Å². The van der Waals surface area contributed by atoms with Crippen LogP contribution in [0, 0.1) is 0 Å². The number of fused-ring (bicyclic) bond motifs is 1. The van der Waals surface area contributed by atoms with Gasteiger partial charge in [-0.3, -0.25) is 9.59 Å². The van der Waals surface area contributed by atoms with E-state index >= 15 is 0 Å². The number of rotatable bonds is 5. The molecule has 0 spiro atoms. The fourth-order valence-corrected chi connectivity index (χ4v) is 3.58. The van der Waals surface area contributed by atoms with Crippen molar-refractivity contribution < 1.29 is 14.3 Å². The number of hydrogen-bond acceptors (Lipinski definition) is 3. The fourth-order valence-electron chi connectivity index (χ4n) is 2.86. The second-order valence-electron chi connectivity index (χ2n) is 5.69. The number of carbonyl (C=O) groups excluding carboxylic acids is 2. The summed E-state index contributed by atoms with van der Waals surface area (Å²) in [6.07, 6.45) is 0. The molecule has 1 aliphatic rings. The highest BCUT2D eigenvalue weighted by atomic mass is 35.5. The van der Waals surface area contributed by atoms with Gasteiger partial charge >= 0.3 is 0 Å². The first-order chi connectivity index (χ1) is 12.4. The van der Waals surface area contributed by atoms with E-state index in [0.29, 0.717) is 32.1 Å². The molecule has 0 radical (unpaired) electrons. The van der Waals surface area contributed by atoms with Gasteiger partial charge in [-0.1, -0.05) is 46.9 Å². The van der Waals surface area contributed by atoms with Gasteiger partial charge in [0.15, 0.2) is 0 Å². The Labute approximate surface area is 165 Å². The van der Waals surface area contributed by atoms with E-state index in [1.807, 2.05) is 0 Å². The van der Waals surface area contributed by atoms with Crippen LogP contribution in [-0.4, -0.2) is 25.0 Å². The molecule has 0 aromatic heterocycles. The molecule has 26 heavy (non-hydrogen) atoms. The Morgan fingerprint density at radius 1 is 1.12 bits per heavy atom.